The van der Waals surface area contributed by atoms with E-state index in [1.54, 1.807) is 25.4 Å². The molecule has 0 aliphatic heterocycles. The highest BCUT2D eigenvalue weighted by Crippen LogP contribution is 2.46. The number of ether oxygens (including phenoxy) is 3. The molecule has 1 saturated carbocycles. The summed E-state index contributed by atoms with van der Waals surface area (Å²) >= 11 is 0. The minimum Gasteiger partial charge on any atom is -0.497 e. The van der Waals surface area contributed by atoms with Crippen molar-refractivity contribution in [3.63, 3.8) is 0 Å². The van der Waals surface area contributed by atoms with Gasteiger partial charge in [-0.2, -0.15) is 4.31 Å². The fourth-order valence-electron chi connectivity index (χ4n) is 5.86. The Balaban J connectivity index is 1.52. The molecule has 1 N–H and O–H groups in total. The number of rotatable bonds is 14. The molecule has 2 aliphatic rings. The highest BCUT2D eigenvalue weighted by molar-refractivity contribution is 7.89. The van der Waals surface area contributed by atoms with Crippen LogP contribution in [0, 0.1) is 23.7 Å². The molecule has 9 heteroatoms. The van der Waals surface area contributed by atoms with Gasteiger partial charge in [-0.05, 0) is 84.9 Å². The van der Waals surface area contributed by atoms with Crippen molar-refractivity contribution in [3.8, 4) is 11.5 Å². The average Bonchev–Trinajstić information content (AvgIpc) is 2.91. The predicted molar refractivity (Wildman–Crippen MR) is 158 cm³/mol. The van der Waals surface area contributed by atoms with E-state index < -0.39 is 15.3 Å². The summed E-state index contributed by atoms with van der Waals surface area (Å²) in [6.07, 6.45) is 4.28. The van der Waals surface area contributed by atoms with Gasteiger partial charge in [0.1, 0.15) is 17.6 Å². The number of carbonyl (C=O) groups is 1. The van der Waals surface area contributed by atoms with Crippen LogP contribution < -0.4 is 9.47 Å². The van der Waals surface area contributed by atoms with Gasteiger partial charge in [-0.25, -0.2) is 8.42 Å². The molecule has 0 radical (unpaired) electrons. The normalized spacial score (nSPS) is 22.5. The summed E-state index contributed by atoms with van der Waals surface area (Å²) in [7, 11) is -0.502. The van der Waals surface area contributed by atoms with E-state index in [0.29, 0.717) is 17.9 Å². The van der Waals surface area contributed by atoms with Crippen LogP contribution in [-0.2, 0) is 32.6 Å². The first-order chi connectivity index (χ1) is 19.6. The van der Waals surface area contributed by atoms with Gasteiger partial charge >= 0.3 is 5.97 Å². The van der Waals surface area contributed by atoms with Gasteiger partial charge in [0, 0.05) is 32.5 Å². The van der Waals surface area contributed by atoms with Crippen LogP contribution in [0.15, 0.2) is 60.2 Å². The summed E-state index contributed by atoms with van der Waals surface area (Å²) in [6.45, 7) is 5.74. The Kier molecular flexibility index (Phi) is 10.2. The molecule has 0 aromatic heterocycles. The van der Waals surface area contributed by atoms with Crippen molar-refractivity contribution in [3.05, 3.63) is 71.3 Å². The summed E-state index contributed by atoms with van der Waals surface area (Å²) in [5.74, 6) is 1.27. The van der Waals surface area contributed by atoms with Crippen LogP contribution in [0.2, 0.25) is 0 Å². The molecule has 0 amide bonds. The Hall–Kier alpha value is -2.88. The van der Waals surface area contributed by atoms with Gasteiger partial charge in [0.05, 0.1) is 19.5 Å². The van der Waals surface area contributed by atoms with Crippen molar-refractivity contribution >= 4 is 16.0 Å². The first kappa shape index (κ1) is 31.1. The number of sulfonamides is 1. The van der Waals surface area contributed by atoms with E-state index in [4.69, 9.17) is 14.2 Å². The smallest absolute Gasteiger partial charge is 0.303 e. The third-order valence-electron chi connectivity index (χ3n) is 8.94. The maximum atomic E-state index is 14.1. The average molecular weight is 586 g/mol. The number of methoxy groups -OCH3 is 2. The Labute approximate surface area is 244 Å². The van der Waals surface area contributed by atoms with Crippen LogP contribution in [0.4, 0.5) is 0 Å². The molecule has 0 heterocycles. The number of carbonyl (C=O) groups excluding carboxylic acids is 1. The van der Waals surface area contributed by atoms with Crippen molar-refractivity contribution in [2.45, 2.75) is 64.5 Å². The molecule has 6 atom stereocenters. The number of benzene rings is 2. The summed E-state index contributed by atoms with van der Waals surface area (Å²) < 4.78 is 46.1. The molecule has 0 bridgehead atoms. The van der Waals surface area contributed by atoms with E-state index in [1.165, 1.54) is 6.92 Å². The molecule has 41 heavy (non-hydrogen) atoms. The van der Waals surface area contributed by atoms with Gasteiger partial charge in [-0.3, -0.25) is 4.79 Å². The second kappa shape index (κ2) is 13.4. The largest absolute Gasteiger partial charge is 0.497 e. The monoisotopic (exact) mass is 585 g/mol. The molecular formula is C32H43NO7S. The van der Waals surface area contributed by atoms with Gasteiger partial charge in [0.2, 0.25) is 10.0 Å². The highest BCUT2D eigenvalue weighted by Gasteiger charge is 2.45. The zero-order valence-electron chi connectivity index (χ0n) is 24.7. The molecular weight excluding hydrogens is 542 g/mol. The number of allylic oxidation sites excluding steroid dienone is 1. The van der Waals surface area contributed by atoms with E-state index in [9.17, 15) is 18.3 Å². The number of nitrogens with zero attached hydrogens (tertiary/aromatic N) is 1. The lowest BCUT2D eigenvalue weighted by Gasteiger charge is -2.45. The third-order valence-corrected chi connectivity index (χ3v) is 11.3. The minimum absolute atomic E-state index is 0.0595. The lowest BCUT2D eigenvalue weighted by molar-refractivity contribution is -0.151. The molecule has 2 aromatic rings. The number of aliphatic hydroxyl groups excluding tert-OH is 1. The minimum atomic E-state index is -3.71. The van der Waals surface area contributed by atoms with Crippen molar-refractivity contribution in [2.75, 3.05) is 20.8 Å². The van der Waals surface area contributed by atoms with Crippen LogP contribution in [0.1, 0.15) is 51.2 Å². The molecule has 2 aromatic carbocycles. The standard InChI is InChI=1S/C32H43NO7S/c1-21(27-16-28(17-27)32(40-23(3)35)31-15-10-26(31)20-34)22(2)41(36,37)33(18-24-6-11-29(38-4)12-7-24)19-25-8-13-30(39-5)14-9-25/h6-9,11-14,16,21-22,26-27,31-32,34H,10,15,17-20H2,1-5H3/t21-,22-,26+,27+,31-,32+/m1/s1. The SMILES string of the molecule is COc1ccc(CN(Cc2ccc(OC)cc2)S(=O)(=O)[C@H](C)[C@@H](C)[C@H]2C=C([C@H](OC(C)=O)[C@@H]3CC[C@H]3CO)C2)cc1. The fourth-order valence-corrected chi connectivity index (χ4v) is 7.73. The first-order valence-corrected chi connectivity index (χ1v) is 15.8. The van der Waals surface area contributed by atoms with Crippen molar-refractivity contribution < 1.29 is 32.5 Å². The molecule has 8 nitrogen and oxygen atoms in total. The van der Waals surface area contributed by atoms with E-state index in [-0.39, 0.29) is 55.4 Å². The predicted octanol–water partition coefficient (Wildman–Crippen LogP) is 4.96. The van der Waals surface area contributed by atoms with Crippen molar-refractivity contribution in [1.82, 2.24) is 4.31 Å². The van der Waals surface area contributed by atoms with E-state index in [1.807, 2.05) is 55.5 Å². The van der Waals surface area contributed by atoms with Gasteiger partial charge < -0.3 is 19.3 Å². The van der Waals surface area contributed by atoms with E-state index in [2.05, 4.69) is 6.08 Å². The molecule has 224 valence electrons. The Bertz CT molecular complexity index is 1260. The first-order valence-electron chi connectivity index (χ1n) is 14.3. The molecule has 0 spiro atoms. The zero-order chi connectivity index (χ0) is 29.7. The van der Waals surface area contributed by atoms with Crippen LogP contribution >= 0.6 is 0 Å². The van der Waals surface area contributed by atoms with Crippen molar-refractivity contribution in [1.29, 1.82) is 0 Å². The maximum Gasteiger partial charge on any atom is 0.303 e. The van der Waals surface area contributed by atoms with Crippen LogP contribution in [-0.4, -0.2) is 56.0 Å². The Morgan fingerprint density at radius 2 is 1.46 bits per heavy atom. The van der Waals surface area contributed by atoms with Crippen LogP contribution in [0.3, 0.4) is 0 Å². The molecule has 0 saturated heterocycles. The number of hydrogen-bond donors (Lipinski definition) is 1. The topological polar surface area (TPSA) is 102 Å². The van der Waals surface area contributed by atoms with Gasteiger partial charge in [-0.15, -0.1) is 0 Å². The summed E-state index contributed by atoms with van der Waals surface area (Å²) in [5.41, 5.74) is 2.78. The van der Waals surface area contributed by atoms with Crippen LogP contribution in [0.25, 0.3) is 0 Å². The molecule has 4 rings (SSSR count). The lowest BCUT2D eigenvalue weighted by Crippen LogP contribution is -2.45. The van der Waals surface area contributed by atoms with E-state index in [0.717, 1.165) is 29.5 Å². The number of hydrogen-bond acceptors (Lipinski definition) is 7. The fraction of sp³-hybridized carbons (Fsp3) is 0.531. The van der Waals surface area contributed by atoms with E-state index >= 15 is 0 Å². The van der Waals surface area contributed by atoms with Gasteiger partial charge in [-0.1, -0.05) is 37.3 Å². The Morgan fingerprint density at radius 3 is 1.85 bits per heavy atom. The second-order valence-corrected chi connectivity index (χ2v) is 13.7. The Morgan fingerprint density at radius 1 is 0.951 bits per heavy atom. The quantitative estimate of drug-likeness (QED) is 0.247. The summed E-state index contributed by atoms with van der Waals surface area (Å²) in [6, 6.07) is 14.9. The number of esters is 1. The van der Waals surface area contributed by atoms with Crippen molar-refractivity contribution in [2.24, 2.45) is 23.7 Å². The third kappa shape index (κ3) is 7.13. The zero-order valence-corrected chi connectivity index (χ0v) is 25.5. The van der Waals surface area contributed by atoms with Gasteiger partial charge in [0.15, 0.2) is 0 Å². The highest BCUT2D eigenvalue weighted by atomic mass is 32.2. The molecule has 1 fully saturated rings. The molecule has 0 unspecified atom stereocenters. The summed E-state index contributed by atoms with van der Waals surface area (Å²) in [5, 5.41) is 9.05. The second-order valence-electron chi connectivity index (χ2n) is 11.4. The number of aliphatic hydroxyl groups is 1. The summed E-state index contributed by atoms with van der Waals surface area (Å²) in [4.78, 5) is 11.8. The molecule has 2 aliphatic carbocycles. The van der Waals surface area contributed by atoms with Gasteiger partial charge in [0.25, 0.3) is 0 Å². The maximum absolute atomic E-state index is 14.1. The van der Waals surface area contributed by atoms with Crippen LogP contribution in [0.5, 0.6) is 11.5 Å². The lowest BCUT2D eigenvalue weighted by atomic mass is 9.65.